The van der Waals surface area contributed by atoms with E-state index >= 15 is 0 Å². The summed E-state index contributed by atoms with van der Waals surface area (Å²) in [4.78, 5) is 33.8. The van der Waals surface area contributed by atoms with Crippen LogP contribution in [0.3, 0.4) is 0 Å². The first-order valence-electron chi connectivity index (χ1n) is 10.7. The summed E-state index contributed by atoms with van der Waals surface area (Å²) in [5.41, 5.74) is 2.15. The van der Waals surface area contributed by atoms with Crippen LogP contribution in [0.1, 0.15) is 43.4 Å². The molecule has 176 valence electrons. The highest BCUT2D eigenvalue weighted by atomic mass is 79.9. The van der Waals surface area contributed by atoms with Crippen LogP contribution in [-0.4, -0.2) is 22.0 Å². The van der Waals surface area contributed by atoms with Gasteiger partial charge in [0, 0.05) is 15.9 Å². The Hall–Kier alpha value is -2.91. The van der Waals surface area contributed by atoms with Gasteiger partial charge in [-0.25, -0.2) is 14.2 Å². The van der Waals surface area contributed by atoms with Gasteiger partial charge in [0.1, 0.15) is 11.6 Å². The van der Waals surface area contributed by atoms with Crippen molar-refractivity contribution in [1.82, 2.24) is 9.97 Å². The third-order valence-electron chi connectivity index (χ3n) is 5.29. The standard InChI is InChI=1S/C25H23BrFN3O3S/c1-13(2)33-24(32)19-14(3)28-22-21(20(19)15-8-6-9-17(26)11-15)23(31)30-25(29-22)34-12-16-7-4-5-10-18(16)27/h4-11,13,20H,12H2,1-3H3,(H2,28,29,30,31). The molecule has 1 aromatic heterocycles. The fraction of sp³-hybridized carbons (Fsp3) is 0.240. The molecule has 6 nitrogen and oxygen atoms in total. The molecule has 9 heteroatoms. The van der Waals surface area contributed by atoms with E-state index in [0.29, 0.717) is 39.1 Å². The predicted molar refractivity (Wildman–Crippen MR) is 134 cm³/mol. The lowest BCUT2D eigenvalue weighted by Crippen LogP contribution is -2.31. The molecule has 0 fully saturated rings. The number of esters is 1. The third kappa shape index (κ3) is 5.10. The fourth-order valence-electron chi connectivity index (χ4n) is 3.83. The van der Waals surface area contributed by atoms with Gasteiger partial charge in [-0.05, 0) is 50.1 Å². The Labute approximate surface area is 209 Å². The van der Waals surface area contributed by atoms with Crippen molar-refractivity contribution in [2.24, 2.45) is 0 Å². The molecule has 0 radical (unpaired) electrons. The molecule has 1 aliphatic heterocycles. The molecule has 0 amide bonds. The largest absolute Gasteiger partial charge is 0.460 e. The Morgan fingerprint density at radius 1 is 1.24 bits per heavy atom. The molecule has 1 atom stereocenters. The minimum Gasteiger partial charge on any atom is -0.460 e. The molecule has 0 bridgehead atoms. The van der Waals surface area contributed by atoms with E-state index in [2.05, 4.69) is 31.2 Å². The fourth-order valence-corrected chi connectivity index (χ4v) is 5.09. The van der Waals surface area contributed by atoms with Crippen molar-refractivity contribution in [3.63, 3.8) is 0 Å². The van der Waals surface area contributed by atoms with Crippen LogP contribution >= 0.6 is 27.7 Å². The molecule has 0 saturated heterocycles. The summed E-state index contributed by atoms with van der Waals surface area (Å²) in [5, 5.41) is 3.47. The molecule has 0 spiro atoms. The highest BCUT2D eigenvalue weighted by Crippen LogP contribution is 2.41. The molecule has 2 heterocycles. The number of rotatable bonds is 6. The zero-order valence-electron chi connectivity index (χ0n) is 18.8. The van der Waals surface area contributed by atoms with Gasteiger partial charge in [0.2, 0.25) is 0 Å². The lowest BCUT2D eigenvalue weighted by atomic mass is 9.82. The van der Waals surface area contributed by atoms with E-state index in [0.717, 1.165) is 10.0 Å². The summed E-state index contributed by atoms with van der Waals surface area (Å²) < 4.78 is 20.3. The smallest absolute Gasteiger partial charge is 0.337 e. The molecule has 2 aromatic carbocycles. The number of allylic oxidation sites excluding steroid dienone is 1. The van der Waals surface area contributed by atoms with Gasteiger partial charge in [0.05, 0.1) is 23.2 Å². The van der Waals surface area contributed by atoms with Crippen molar-refractivity contribution in [3.05, 3.63) is 97.1 Å². The Morgan fingerprint density at radius 3 is 2.71 bits per heavy atom. The highest BCUT2D eigenvalue weighted by Gasteiger charge is 2.36. The molecular weight excluding hydrogens is 521 g/mol. The first kappa shape index (κ1) is 24.2. The van der Waals surface area contributed by atoms with E-state index < -0.39 is 11.9 Å². The van der Waals surface area contributed by atoms with Crippen LogP contribution in [0.15, 0.2) is 74.2 Å². The number of halogens is 2. The number of nitrogens with zero attached hydrogens (tertiary/aromatic N) is 1. The van der Waals surface area contributed by atoms with Crippen LogP contribution in [0.25, 0.3) is 0 Å². The molecule has 34 heavy (non-hydrogen) atoms. The van der Waals surface area contributed by atoms with Crippen LogP contribution in [0, 0.1) is 5.82 Å². The number of hydrogen-bond acceptors (Lipinski definition) is 6. The SMILES string of the molecule is CC1=C(C(=O)OC(C)C)C(c2cccc(Br)c2)c2c(nc(SCc3ccccc3F)[nH]c2=O)N1. The number of benzene rings is 2. The second-order valence-electron chi connectivity index (χ2n) is 8.12. The van der Waals surface area contributed by atoms with E-state index in [-0.39, 0.29) is 17.5 Å². The number of aromatic amines is 1. The van der Waals surface area contributed by atoms with Gasteiger partial charge in [-0.3, -0.25) is 4.79 Å². The average Bonchev–Trinajstić information content (AvgIpc) is 2.77. The number of anilines is 1. The number of nitrogens with one attached hydrogen (secondary N) is 2. The number of thioether (sulfide) groups is 1. The normalized spacial score (nSPS) is 15.2. The third-order valence-corrected chi connectivity index (χ3v) is 6.70. The molecule has 3 aromatic rings. The predicted octanol–water partition coefficient (Wildman–Crippen LogP) is 5.75. The summed E-state index contributed by atoms with van der Waals surface area (Å²) in [7, 11) is 0. The maximum Gasteiger partial charge on any atom is 0.337 e. The Kier molecular flexibility index (Phi) is 7.23. The van der Waals surface area contributed by atoms with Gasteiger partial charge in [-0.2, -0.15) is 0 Å². The van der Waals surface area contributed by atoms with Crippen LogP contribution in [0.2, 0.25) is 0 Å². The Bertz CT molecular complexity index is 1340. The molecule has 2 N–H and O–H groups in total. The topological polar surface area (TPSA) is 84.1 Å². The van der Waals surface area contributed by atoms with Gasteiger partial charge in [-0.1, -0.05) is 58.0 Å². The number of ether oxygens (including phenoxy) is 1. The lowest BCUT2D eigenvalue weighted by molar-refractivity contribution is -0.143. The maximum absolute atomic E-state index is 14.0. The van der Waals surface area contributed by atoms with Crippen molar-refractivity contribution in [2.75, 3.05) is 5.32 Å². The number of fused-ring (bicyclic) bond motifs is 1. The van der Waals surface area contributed by atoms with E-state index in [4.69, 9.17) is 4.74 Å². The monoisotopic (exact) mass is 543 g/mol. The Balaban J connectivity index is 1.77. The van der Waals surface area contributed by atoms with Crippen LogP contribution in [0.4, 0.5) is 10.2 Å². The number of H-pyrrole nitrogens is 1. The Morgan fingerprint density at radius 2 is 2.00 bits per heavy atom. The van der Waals surface area contributed by atoms with Crippen molar-refractivity contribution >= 4 is 39.5 Å². The summed E-state index contributed by atoms with van der Waals surface area (Å²) in [5.74, 6) is -0.793. The summed E-state index contributed by atoms with van der Waals surface area (Å²) in [6, 6.07) is 13.9. The van der Waals surface area contributed by atoms with Crippen molar-refractivity contribution in [3.8, 4) is 0 Å². The average molecular weight is 544 g/mol. The molecule has 0 aliphatic carbocycles. The summed E-state index contributed by atoms with van der Waals surface area (Å²) in [6.07, 6.45) is -0.314. The zero-order valence-corrected chi connectivity index (χ0v) is 21.2. The van der Waals surface area contributed by atoms with Crippen LogP contribution < -0.4 is 10.9 Å². The molecule has 1 aliphatic rings. The first-order valence-corrected chi connectivity index (χ1v) is 12.5. The lowest BCUT2D eigenvalue weighted by Gasteiger charge is -2.29. The van der Waals surface area contributed by atoms with Gasteiger partial charge >= 0.3 is 5.97 Å². The van der Waals surface area contributed by atoms with Crippen molar-refractivity contribution in [2.45, 2.75) is 43.7 Å². The van der Waals surface area contributed by atoms with E-state index in [1.807, 2.05) is 24.3 Å². The zero-order chi connectivity index (χ0) is 24.4. The van der Waals surface area contributed by atoms with E-state index in [9.17, 15) is 14.0 Å². The molecule has 1 unspecified atom stereocenters. The molecule has 4 rings (SSSR count). The van der Waals surface area contributed by atoms with Gasteiger partial charge in [0.25, 0.3) is 5.56 Å². The van der Waals surface area contributed by atoms with Crippen molar-refractivity contribution < 1.29 is 13.9 Å². The van der Waals surface area contributed by atoms with Crippen molar-refractivity contribution in [1.29, 1.82) is 0 Å². The summed E-state index contributed by atoms with van der Waals surface area (Å²) >= 11 is 4.71. The highest BCUT2D eigenvalue weighted by molar-refractivity contribution is 9.10. The van der Waals surface area contributed by atoms with Gasteiger partial charge in [0.15, 0.2) is 5.16 Å². The van der Waals surface area contributed by atoms with E-state index in [1.165, 1.54) is 17.8 Å². The van der Waals surface area contributed by atoms with Gasteiger partial charge < -0.3 is 15.0 Å². The minimum atomic E-state index is -0.665. The van der Waals surface area contributed by atoms with E-state index in [1.54, 1.807) is 39.0 Å². The molecular formula is C25H23BrFN3O3S. The second-order valence-corrected chi connectivity index (χ2v) is 10.00. The number of aromatic nitrogens is 2. The second kappa shape index (κ2) is 10.1. The van der Waals surface area contributed by atoms with Crippen LogP contribution in [0.5, 0.6) is 0 Å². The number of hydrogen-bond donors (Lipinski definition) is 2. The number of carbonyl (C=O) groups excluding carboxylic acids is 1. The minimum absolute atomic E-state index is 0.310. The first-order chi connectivity index (χ1) is 16.2. The quantitative estimate of drug-likeness (QED) is 0.234. The number of carbonyl (C=O) groups is 1. The molecule has 0 saturated carbocycles. The van der Waals surface area contributed by atoms with Crippen LogP contribution in [-0.2, 0) is 15.3 Å². The van der Waals surface area contributed by atoms with Gasteiger partial charge in [-0.15, -0.1) is 0 Å². The maximum atomic E-state index is 14.0. The summed E-state index contributed by atoms with van der Waals surface area (Å²) in [6.45, 7) is 5.32.